The Morgan fingerprint density at radius 1 is 1.37 bits per heavy atom. The third-order valence-electron chi connectivity index (χ3n) is 3.97. The molecule has 0 saturated carbocycles. The van der Waals surface area contributed by atoms with Crippen LogP contribution in [0.3, 0.4) is 0 Å². The molecule has 0 atom stereocenters. The summed E-state index contributed by atoms with van der Waals surface area (Å²) in [4.78, 5) is 10.7. The molecule has 144 valence electrons. The summed E-state index contributed by atoms with van der Waals surface area (Å²) < 4.78 is 7.55. The molecule has 1 aromatic heterocycles. The number of ether oxygens (including phenoxy) is 1. The van der Waals surface area contributed by atoms with E-state index in [4.69, 9.17) is 21.3 Å². The van der Waals surface area contributed by atoms with Crippen molar-refractivity contribution < 1.29 is 4.74 Å². The van der Waals surface area contributed by atoms with Gasteiger partial charge in [0, 0.05) is 22.6 Å². The number of rotatable bonds is 5. The third-order valence-corrected chi connectivity index (χ3v) is 5.65. The number of hydrogen-bond donors (Lipinski definition) is 0. The van der Waals surface area contributed by atoms with Gasteiger partial charge in [0.2, 0.25) is 6.19 Å². The number of thiazole rings is 1. The number of aryl methyl sites for hydroxylation is 1. The fraction of sp³-hybridized carbons (Fsp3) is 0.450. The molecule has 0 fully saturated rings. The topological polar surface area (TPSA) is 62.7 Å². The first-order valence-corrected chi connectivity index (χ1v) is 10.1. The van der Waals surface area contributed by atoms with E-state index < -0.39 is 0 Å². The minimum atomic E-state index is 0.0205. The molecule has 0 spiro atoms. The number of halogens is 1. The molecular formula is C20H25ClN4OS. The Morgan fingerprint density at radius 2 is 2.11 bits per heavy atom. The smallest absolute Gasteiger partial charge is 0.207 e. The van der Waals surface area contributed by atoms with E-state index in [0.717, 1.165) is 24.2 Å². The van der Waals surface area contributed by atoms with E-state index in [-0.39, 0.29) is 5.41 Å². The molecule has 0 bridgehead atoms. The molecule has 1 aromatic carbocycles. The molecule has 5 nitrogen and oxygen atoms in total. The zero-order valence-electron chi connectivity index (χ0n) is 16.4. The number of unbranched alkanes of at least 4 members (excludes halogenated alkanes) is 1. The molecule has 7 heteroatoms. The van der Waals surface area contributed by atoms with Crippen molar-refractivity contribution in [2.75, 3.05) is 7.11 Å². The predicted molar refractivity (Wildman–Crippen MR) is 112 cm³/mol. The van der Waals surface area contributed by atoms with Gasteiger partial charge in [-0.3, -0.25) is 0 Å². The number of nitrogens with zero attached hydrogens (tertiary/aromatic N) is 4. The Bertz CT molecular complexity index is 929. The molecule has 0 saturated heterocycles. The number of hydrogen-bond acceptors (Lipinski definition) is 4. The summed E-state index contributed by atoms with van der Waals surface area (Å²) in [5.41, 5.74) is 0.617. The van der Waals surface area contributed by atoms with Crippen molar-refractivity contribution in [1.29, 1.82) is 5.26 Å². The van der Waals surface area contributed by atoms with Gasteiger partial charge in [-0.1, -0.05) is 45.7 Å². The summed E-state index contributed by atoms with van der Waals surface area (Å²) in [6, 6.07) is 5.20. The van der Waals surface area contributed by atoms with Crippen LogP contribution in [0.1, 0.15) is 51.0 Å². The van der Waals surface area contributed by atoms with E-state index in [1.54, 1.807) is 36.6 Å². The lowest BCUT2D eigenvalue weighted by molar-refractivity contribution is 0.414. The van der Waals surface area contributed by atoms with Gasteiger partial charge in [-0.25, -0.2) is 0 Å². The number of aliphatic imine (C=N–C) groups is 1. The number of aromatic nitrogens is 1. The number of methoxy groups -OCH3 is 1. The average Bonchev–Trinajstić information content (AvgIpc) is 3.02. The first-order valence-electron chi connectivity index (χ1n) is 8.86. The molecule has 0 unspecified atom stereocenters. The Kier molecular flexibility index (Phi) is 7.23. The van der Waals surface area contributed by atoms with Crippen LogP contribution in [0.4, 0.5) is 0 Å². The minimum absolute atomic E-state index is 0.0205. The van der Waals surface area contributed by atoms with Crippen molar-refractivity contribution in [2.45, 2.75) is 52.5 Å². The maximum absolute atomic E-state index is 9.18. The molecule has 27 heavy (non-hydrogen) atoms. The van der Waals surface area contributed by atoms with Crippen molar-refractivity contribution in [3.05, 3.63) is 44.7 Å². The first kappa shape index (κ1) is 21.2. The third kappa shape index (κ3) is 5.44. The number of amidine groups is 1. The molecule has 2 aromatic rings. The highest BCUT2D eigenvalue weighted by molar-refractivity contribution is 7.09. The van der Waals surface area contributed by atoms with Crippen LogP contribution in [0, 0.1) is 11.5 Å². The molecular weight excluding hydrogens is 380 g/mol. The molecule has 1 heterocycles. The van der Waals surface area contributed by atoms with Crippen LogP contribution in [-0.4, -0.2) is 17.5 Å². The van der Waals surface area contributed by atoms with Gasteiger partial charge >= 0.3 is 0 Å². The van der Waals surface area contributed by atoms with Gasteiger partial charge < -0.3 is 9.30 Å². The Balaban J connectivity index is 2.66. The molecule has 0 amide bonds. The SMILES string of the molecule is CCCCn1cc(C(C)(C)C)s/c1=N\C(=N\C#N)c1cc(Cl)ccc1OC. The second-order valence-electron chi connectivity index (χ2n) is 7.17. The summed E-state index contributed by atoms with van der Waals surface area (Å²) in [5, 5.41) is 9.71. The monoisotopic (exact) mass is 404 g/mol. The molecule has 0 aliphatic heterocycles. The van der Waals surface area contributed by atoms with Crippen molar-refractivity contribution in [3.8, 4) is 11.9 Å². The maximum Gasteiger partial charge on any atom is 0.207 e. The van der Waals surface area contributed by atoms with E-state index in [1.165, 1.54) is 4.88 Å². The fourth-order valence-electron chi connectivity index (χ4n) is 2.44. The zero-order valence-corrected chi connectivity index (χ0v) is 18.0. The molecule has 2 rings (SSSR count). The van der Waals surface area contributed by atoms with Gasteiger partial charge in [-0.15, -0.1) is 11.3 Å². The highest BCUT2D eigenvalue weighted by Gasteiger charge is 2.18. The maximum atomic E-state index is 9.18. The van der Waals surface area contributed by atoms with Crippen LogP contribution in [0.15, 0.2) is 34.4 Å². The van der Waals surface area contributed by atoms with E-state index in [2.05, 4.69) is 43.5 Å². The quantitative estimate of drug-likeness (QED) is 0.393. The second kappa shape index (κ2) is 9.20. The highest BCUT2D eigenvalue weighted by Crippen LogP contribution is 2.26. The van der Waals surface area contributed by atoms with Crippen LogP contribution in [0.2, 0.25) is 5.02 Å². The Hall–Kier alpha value is -2.10. The standard InChI is InChI=1S/C20H25ClN4OS/c1-6-7-10-25-12-17(20(2,3)4)27-19(25)24-18(23-13-22)15-11-14(21)8-9-16(15)26-5/h8-9,11-12H,6-7,10H2,1-5H3/b23-18+,24-19-. The van der Waals surface area contributed by atoms with Gasteiger partial charge in [0.15, 0.2) is 10.6 Å². The van der Waals surface area contributed by atoms with Crippen molar-refractivity contribution in [3.63, 3.8) is 0 Å². The predicted octanol–water partition coefficient (Wildman–Crippen LogP) is 5.14. The van der Waals surface area contributed by atoms with E-state index in [9.17, 15) is 5.26 Å². The van der Waals surface area contributed by atoms with Crippen molar-refractivity contribution in [1.82, 2.24) is 4.57 Å². The molecule has 0 radical (unpaired) electrons. The minimum Gasteiger partial charge on any atom is -0.496 e. The summed E-state index contributed by atoms with van der Waals surface area (Å²) >= 11 is 7.76. The lowest BCUT2D eigenvalue weighted by Gasteiger charge is -2.14. The Labute approximate surface area is 169 Å². The number of nitriles is 1. The van der Waals surface area contributed by atoms with Gasteiger partial charge in [0.25, 0.3) is 0 Å². The van der Waals surface area contributed by atoms with Gasteiger partial charge in [-0.05, 0) is 30.0 Å². The second-order valence-corrected chi connectivity index (χ2v) is 8.61. The highest BCUT2D eigenvalue weighted by atomic mass is 35.5. The average molecular weight is 405 g/mol. The van der Waals surface area contributed by atoms with Gasteiger partial charge in [0.1, 0.15) is 5.75 Å². The van der Waals surface area contributed by atoms with Crippen LogP contribution < -0.4 is 9.54 Å². The summed E-state index contributed by atoms with van der Waals surface area (Å²) in [7, 11) is 1.57. The van der Waals surface area contributed by atoms with Crippen molar-refractivity contribution >= 4 is 28.8 Å². The summed E-state index contributed by atoms with van der Waals surface area (Å²) in [6.07, 6.45) is 6.15. The summed E-state index contributed by atoms with van der Waals surface area (Å²) in [5.74, 6) is 0.870. The van der Waals surface area contributed by atoms with E-state index >= 15 is 0 Å². The fourth-order valence-corrected chi connectivity index (χ4v) is 3.69. The molecule has 0 aliphatic carbocycles. The Morgan fingerprint density at radius 3 is 2.70 bits per heavy atom. The summed E-state index contributed by atoms with van der Waals surface area (Å²) in [6.45, 7) is 9.56. The van der Waals surface area contributed by atoms with Crippen LogP contribution in [0.5, 0.6) is 5.75 Å². The van der Waals surface area contributed by atoms with Crippen molar-refractivity contribution in [2.24, 2.45) is 9.98 Å². The van der Waals surface area contributed by atoms with Gasteiger partial charge in [0.05, 0.1) is 12.7 Å². The van der Waals surface area contributed by atoms with E-state index in [0.29, 0.717) is 22.2 Å². The largest absolute Gasteiger partial charge is 0.496 e. The number of benzene rings is 1. The van der Waals surface area contributed by atoms with Crippen LogP contribution in [-0.2, 0) is 12.0 Å². The van der Waals surface area contributed by atoms with Crippen LogP contribution in [0.25, 0.3) is 0 Å². The lowest BCUT2D eigenvalue weighted by atomic mass is 9.95. The molecule has 0 N–H and O–H groups in total. The molecule has 0 aliphatic rings. The lowest BCUT2D eigenvalue weighted by Crippen LogP contribution is -2.17. The van der Waals surface area contributed by atoms with Crippen LogP contribution >= 0.6 is 22.9 Å². The zero-order chi connectivity index (χ0) is 20.0. The van der Waals surface area contributed by atoms with Gasteiger partial charge in [-0.2, -0.15) is 15.2 Å². The first-order chi connectivity index (χ1) is 12.8. The van der Waals surface area contributed by atoms with E-state index in [1.807, 2.05) is 6.19 Å². The normalized spacial score (nSPS) is 12.9.